The first-order chi connectivity index (χ1) is 8.83. The van der Waals surface area contributed by atoms with Crippen molar-refractivity contribution in [1.29, 1.82) is 0 Å². The highest BCUT2D eigenvalue weighted by Crippen LogP contribution is 2.19. The van der Waals surface area contributed by atoms with Gasteiger partial charge in [-0.3, -0.25) is 0 Å². The lowest BCUT2D eigenvalue weighted by Crippen LogP contribution is -2.32. The molecule has 0 spiro atoms. The Morgan fingerprint density at radius 3 is 1.68 bits per heavy atom. The molecule has 116 valence electrons. The van der Waals surface area contributed by atoms with E-state index in [2.05, 4.69) is 27.7 Å². The van der Waals surface area contributed by atoms with Crippen LogP contribution in [-0.4, -0.2) is 50.7 Å². The van der Waals surface area contributed by atoms with Gasteiger partial charge in [0.15, 0.2) is 0 Å². The van der Waals surface area contributed by atoms with Crippen LogP contribution in [0.4, 0.5) is 0 Å². The third-order valence-electron chi connectivity index (χ3n) is 2.92. The SMILES string of the molecule is CC(C)(CCOCCN)OCCC(C)(C)OCCN. The molecule has 4 N–H and O–H groups in total. The van der Waals surface area contributed by atoms with Gasteiger partial charge in [0.05, 0.1) is 31.0 Å². The molecule has 0 aromatic carbocycles. The van der Waals surface area contributed by atoms with Gasteiger partial charge in [-0.2, -0.15) is 0 Å². The highest BCUT2D eigenvalue weighted by molar-refractivity contribution is 4.72. The molecule has 0 bridgehead atoms. The lowest BCUT2D eigenvalue weighted by molar-refractivity contribution is -0.0787. The molecule has 0 rings (SSSR count). The zero-order chi connectivity index (χ0) is 14.8. The van der Waals surface area contributed by atoms with E-state index in [1.165, 1.54) is 0 Å². The van der Waals surface area contributed by atoms with Crippen LogP contribution < -0.4 is 11.5 Å². The average molecular weight is 276 g/mol. The second-order valence-corrected chi connectivity index (χ2v) is 5.91. The van der Waals surface area contributed by atoms with Crippen molar-refractivity contribution >= 4 is 0 Å². The molecule has 5 heteroatoms. The zero-order valence-electron chi connectivity index (χ0n) is 13.0. The predicted molar refractivity (Wildman–Crippen MR) is 78.2 cm³/mol. The first-order valence-electron chi connectivity index (χ1n) is 7.09. The van der Waals surface area contributed by atoms with Crippen molar-refractivity contribution < 1.29 is 14.2 Å². The first kappa shape index (κ1) is 18.8. The number of rotatable bonds is 12. The van der Waals surface area contributed by atoms with E-state index in [1.54, 1.807) is 0 Å². The molecule has 0 saturated heterocycles. The summed E-state index contributed by atoms with van der Waals surface area (Å²) < 4.78 is 16.9. The van der Waals surface area contributed by atoms with Crippen LogP contribution in [0.2, 0.25) is 0 Å². The predicted octanol–water partition coefficient (Wildman–Crippen LogP) is 1.29. The van der Waals surface area contributed by atoms with Crippen molar-refractivity contribution in [2.24, 2.45) is 11.5 Å². The van der Waals surface area contributed by atoms with Gasteiger partial charge < -0.3 is 25.7 Å². The Bertz CT molecular complexity index is 221. The molecule has 0 aliphatic rings. The van der Waals surface area contributed by atoms with E-state index in [0.29, 0.717) is 39.5 Å². The van der Waals surface area contributed by atoms with E-state index in [4.69, 9.17) is 25.7 Å². The van der Waals surface area contributed by atoms with E-state index in [9.17, 15) is 0 Å². The molecule has 0 heterocycles. The van der Waals surface area contributed by atoms with Gasteiger partial charge in [-0.1, -0.05) is 0 Å². The normalized spacial score (nSPS) is 12.9. The molecule has 0 fully saturated rings. The topological polar surface area (TPSA) is 79.7 Å². The van der Waals surface area contributed by atoms with Gasteiger partial charge in [0.25, 0.3) is 0 Å². The minimum atomic E-state index is -0.189. The molecular weight excluding hydrogens is 244 g/mol. The van der Waals surface area contributed by atoms with Gasteiger partial charge in [-0.25, -0.2) is 0 Å². The van der Waals surface area contributed by atoms with Crippen molar-refractivity contribution in [3.63, 3.8) is 0 Å². The Morgan fingerprint density at radius 1 is 0.684 bits per heavy atom. The Kier molecular flexibility index (Phi) is 9.56. The molecule has 0 aromatic rings. The lowest BCUT2D eigenvalue weighted by Gasteiger charge is -2.29. The minimum absolute atomic E-state index is 0.182. The summed E-state index contributed by atoms with van der Waals surface area (Å²) in [4.78, 5) is 0. The third-order valence-corrected chi connectivity index (χ3v) is 2.92. The fourth-order valence-corrected chi connectivity index (χ4v) is 1.56. The second kappa shape index (κ2) is 9.66. The Hall–Kier alpha value is -0.200. The van der Waals surface area contributed by atoms with Crippen molar-refractivity contribution in [3.8, 4) is 0 Å². The number of hydrogen-bond acceptors (Lipinski definition) is 5. The smallest absolute Gasteiger partial charge is 0.0649 e. The summed E-state index contributed by atoms with van der Waals surface area (Å²) >= 11 is 0. The molecule has 5 nitrogen and oxygen atoms in total. The van der Waals surface area contributed by atoms with Crippen LogP contribution in [0.15, 0.2) is 0 Å². The quantitative estimate of drug-likeness (QED) is 0.525. The monoisotopic (exact) mass is 276 g/mol. The van der Waals surface area contributed by atoms with Crippen LogP contribution in [0.25, 0.3) is 0 Å². The van der Waals surface area contributed by atoms with Crippen LogP contribution in [-0.2, 0) is 14.2 Å². The maximum absolute atomic E-state index is 5.90. The van der Waals surface area contributed by atoms with Crippen molar-refractivity contribution in [3.05, 3.63) is 0 Å². The number of nitrogens with two attached hydrogens (primary N) is 2. The third kappa shape index (κ3) is 11.3. The van der Waals surface area contributed by atoms with E-state index < -0.39 is 0 Å². The number of hydrogen-bond donors (Lipinski definition) is 2. The maximum Gasteiger partial charge on any atom is 0.0649 e. The van der Waals surface area contributed by atoms with E-state index in [0.717, 1.165) is 12.8 Å². The molecule has 0 saturated carbocycles. The first-order valence-corrected chi connectivity index (χ1v) is 7.09. The molecule has 0 radical (unpaired) electrons. The Labute approximate surface area is 118 Å². The lowest BCUT2D eigenvalue weighted by atomic mass is 10.0. The highest BCUT2D eigenvalue weighted by Gasteiger charge is 2.22. The summed E-state index contributed by atoms with van der Waals surface area (Å²) in [5.74, 6) is 0. The van der Waals surface area contributed by atoms with Crippen LogP contribution >= 0.6 is 0 Å². The molecule has 0 aromatic heterocycles. The molecule has 0 atom stereocenters. The molecule has 0 amide bonds. The van der Waals surface area contributed by atoms with Gasteiger partial charge in [-0.15, -0.1) is 0 Å². The van der Waals surface area contributed by atoms with E-state index in [1.807, 2.05) is 0 Å². The van der Waals surface area contributed by atoms with E-state index >= 15 is 0 Å². The van der Waals surface area contributed by atoms with Crippen LogP contribution in [0, 0.1) is 0 Å². The standard InChI is InChI=1S/C14H32N2O3/c1-13(2,5-9-17-11-7-15)18-10-6-14(3,4)19-12-8-16/h5-12,15-16H2,1-4H3. The summed E-state index contributed by atoms with van der Waals surface area (Å²) in [5.41, 5.74) is 10.4. The summed E-state index contributed by atoms with van der Waals surface area (Å²) in [6.07, 6.45) is 1.71. The van der Waals surface area contributed by atoms with Crippen LogP contribution in [0.3, 0.4) is 0 Å². The molecule has 0 aliphatic heterocycles. The summed E-state index contributed by atoms with van der Waals surface area (Å²) in [7, 11) is 0. The second-order valence-electron chi connectivity index (χ2n) is 5.91. The minimum Gasteiger partial charge on any atom is -0.380 e. The van der Waals surface area contributed by atoms with Crippen molar-refractivity contribution in [2.75, 3.05) is 39.5 Å². The highest BCUT2D eigenvalue weighted by atomic mass is 16.5. The van der Waals surface area contributed by atoms with Crippen LogP contribution in [0.5, 0.6) is 0 Å². The van der Waals surface area contributed by atoms with Gasteiger partial charge in [0.1, 0.15) is 0 Å². The summed E-state index contributed by atoms with van der Waals surface area (Å²) in [6, 6.07) is 0. The van der Waals surface area contributed by atoms with E-state index in [-0.39, 0.29) is 11.2 Å². The fraction of sp³-hybridized carbons (Fsp3) is 1.00. The van der Waals surface area contributed by atoms with Crippen molar-refractivity contribution in [2.45, 2.75) is 51.7 Å². The Morgan fingerprint density at radius 2 is 1.16 bits per heavy atom. The largest absolute Gasteiger partial charge is 0.380 e. The van der Waals surface area contributed by atoms with Crippen LogP contribution in [0.1, 0.15) is 40.5 Å². The number of ether oxygens (including phenoxy) is 3. The molecule has 0 aliphatic carbocycles. The Balaban J connectivity index is 3.77. The molecule has 0 unspecified atom stereocenters. The average Bonchev–Trinajstić information content (AvgIpc) is 2.32. The maximum atomic E-state index is 5.90. The zero-order valence-corrected chi connectivity index (χ0v) is 13.0. The van der Waals surface area contributed by atoms with Gasteiger partial charge in [0, 0.05) is 19.7 Å². The summed E-state index contributed by atoms with van der Waals surface area (Å²) in [5, 5.41) is 0. The molecule has 19 heavy (non-hydrogen) atoms. The fourth-order valence-electron chi connectivity index (χ4n) is 1.56. The van der Waals surface area contributed by atoms with Crippen molar-refractivity contribution in [1.82, 2.24) is 0 Å². The van der Waals surface area contributed by atoms with Gasteiger partial charge in [-0.05, 0) is 40.5 Å². The molecular formula is C14H32N2O3. The summed E-state index contributed by atoms with van der Waals surface area (Å²) in [6.45, 7) is 11.9. The van der Waals surface area contributed by atoms with Gasteiger partial charge in [0.2, 0.25) is 0 Å². The van der Waals surface area contributed by atoms with Gasteiger partial charge >= 0.3 is 0 Å².